The summed E-state index contributed by atoms with van der Waals surface area (Å²) in [6.45, 7) is 5.77. The van der Waals surface area contributed by atoms with Crippen molar-refractivity contribution in [1.29, 1.82) is 0 Å². The highest BCUT2D eigenvalue weighted by Gasteiger charge is 2.35. The minimum absolute atomic E-state index is 0.155. The van der Waals surface area contributed by atoms with E-state index in [-0.39, 0.29) is 17.9 Å². The molecule has 1 aromatic rings. The van der Waals surface area contributed by atoms with E-state index in [4.69, 9.17) is 0 Å². The standard InChI is InChI=1S/C16H21N3O2/c1-10(2)17-13-5-3-4-11-8-19(9-12(11)13)14-6-7-15(20)18-16(14)21/h3-5,10,14,17H,6-9H2,1-2H3,(H,18,20,21). The van der Waals surface area contributed by atoms with E-state index < -0.39 is 0 Å². The predicted molar refractivity (Wildman–Crippen MR) is 80.6 cm³/mol. The Morgan fingerprint density at radius 2 is 2.10 bits per heavy atom. The average molecular weight is 287 g/mol. The van der Waals surface area contributed by atoms with Gasteiger partial charge in [-0.15, -0.1) is 0 Å². The maximum atomic E-state index is 12.0. The van der Waals surface area contributed by atoms with Gasteiger partial charge in [-0.2, -0.15) is 0 Å². The summed E-state index contributed by atoms with van der Waals surface area (Å²) in [7, 11) is 0. The fourth-order valence-corrected chi connectivity index (χ4v) is 3.14. The Hall–Kier alpha value is -1.88. The van der Waals surface area contributed by atoms with Gasteiger partial charge in [0.15, 0.2) is 0 Å². The van der Waals surface area contributed by atoms with Crippen molar-refractivity contribution in [3.8, 4) is 0 Å². The second-order valence-corrected chi connectivity index (χ2v) is 6.11. The van der Waals surface area contributed by atoms with Crippen molar-refractivity contribution >= 4 is 17.5 Å². The quantitative estimate of drug-likeness (QED) is 0.830. The molecule has 3 rings (SSSR count). The predicted octanol–water partition coefficient (Wildman–Crippen LogP) is 1.63. The van der Waals surface area contributed by atoms with E-state index in [0.29, 0.717) is 18.9 Å². The third kappa shape index (κ3) is 2.78. The highest BCUT2D eigenvalue weighted by atomic mass is 16.2. The molecule has 2 amide bonds. The van der Waals surface area contributed by atoms with E-state index in [1.165, 1.54) is 11.1 Å². The van der Waals surface area contributed by atoms with Crippen LogP contribution in [-0.2, 0) is 22.7 Å². The highest BCUT2D eigenvalue weighted by molar-refractivity contribution is 6.00. The average Bonchev–Trinajstić information content (AvgIpc) is 2.82. The Balaban J connectivity index is 1.78. The van der Waals surface area contributed by atoms with Gasteiger partial charge in [-0.3, -0.25) is 19.8 Å². The minimum Gasteiger partial charge on any atom is -0.383 e. The normalized spacial score (nSPS) is 22.3. The molecule has 0 spiro atoms. The minimum atomic E-state index is -0.193. The number of nitrogens with one attached hydrogen (secondary N) is 2. The zero-order valence-electron chi connectivity index (χ0n) is 12.5. The number of hydrogen-bond acceptors (Lipinski definition) is 4. The van der Waals surface area contributed by atoms with Crippen LogP contribution >= 0.6 is 0 Å². The maximum Gasteiger partial charge on any atom is 0.243 e. The van der Waals surface area contributed by atoms with Crippen LogP contribution in [0.25, 0.3) is 0 Å². The number of fused-ring (bicyclic) bond motifs is 1. The number of imide groups is 1. The van der Waals surface area contributed by atoms with Crippen LogP contribution in [0, 0.1) is 0 Å². The molecule has 0 aromatic heterocycles. The highest BCUT2D eigenvalue weighted by Crippen LogP contribution is 2.32. The van der Waals surface area contributed by atoms with Gasteiger partial charge < -0.3 is 5.32 Å². The summed E-state index contributed by atoms with van der Waals surface area (Å²) in [6, 6.07) is 6.44. The largest absolute Gasteiger partial charge is 0.383 e. The SMILES string of the molecule is CC(C)Nc1cccc2c1CN(C1CCC(=O)NC1=O)C2. The molecule has 1 aromatic carbocycles. The molecule has 0 saturated carbocycles. The summed E-state index contributed by atoms with van der Waals surface area (Å²) in [6.07, 6.45) is 1.05. The van der Waals surface area contributed by atoms with Gasteiger partial charge in [0.05, 0.1) is 6.04 Å². The molecular weight excluding hydrogens is 266 g/mol. The summed E-state index contributed by atoms with van der Waals surface area (Å²) >= 11 is 0. The fourth-order valence-electron chi connectivity index (χ4n) is 3.14. The van der Waals surface area contributed by atoms with Crippen LogP contribution in [0.2, 0.25) is 0 Å². The Labute approximate surface area is 124 Å². The van der Waals surface area contributed by atoms with Crippen molar-refractivity contribution in [1.82, 2.24) is 10.2 Å². The molecule has 2 aliphatic rings. The summed E-state index contributed by atoms with van der Waals surface area (Å²) in [4.78, 5) is 25.4. The van der Waals surface area contributed by atoms with Gasteiger partial charge in [-0.25, -0.2) is 0 Å². The molecule has 5 nitrogen and oxygen atoms in total. The van der Waals surface area contributed by atoms with Gasteiger partial charge in [0.25, 0.3) is 0 Å². The molecule has 1 fully saturated rings. The van der Waals surface area contributed by atoms with Crippen LogP contribution in [0.15, 0.2) is 18.2 Å². The number of nitrogens with zero attached hydrogens (tertiary/aromatic N) is 1. The first-order valence-corrected chi connectivity index (χ1v) is 7.49. The third-order valence-electron chi connectivity index (χ3n) is 4.10. The molecule has 0 bridgehead atoms. The van der Waals surface area contributed by atoms with Crippen LogP contribution in [-0.4, -0.2) is 28.8 Å². The molecule has 21 heavy (non-hydrogen) atoms. The lowest BCUT2D eigenvalue weighted by Gasteiger charge is -2.29. The van der Waals surface area contributed by atoms with E-state index in [2.05, 4.69) is 47.6 Å². The van der Waals surface area contributed by atoms with E-state index in [1.54, 1.807) is 0 Å². The lowest BCUT2D eigenvalue weighted by Crippen LogP contribution is -2.50. The van der Waals surface area contributed by atoms with E-state index in [0.717, 1.165) is 18.8 Å². The number of anilines is 1. The van der Waals surface area contributed by atoms with Crippen molar-refractivity contribution in [2.24, 2.45) is 0 Å². The van der Waals surface area contributed by atoms with Gasteiger partial charge in [-0.05, 0) is 37.5 Å². The second-order valence-electron chi connectivity index (χ2n) is 6.11. The zero-order valence-corrected chi connectivity index (χ0v) is 12.5. The van der Waals surface area contributed by atoms with E-state index >= 15 is 0 Å². The van der Waals surface area contributed by atoms with Crippen LogP contribution in [0.4, 0.5) is 5.69 Å². The Bertz CT molecular complexity index is 583. The van der Waals surface area contributed by atoms with Crippen molar-refractivity contribution in [3.63, 3.8) is 0 Å². The van der Waals surface area contributed by atoms with Crippen LogP contribution in [0.5, 0.6) is 0 Å². The molecule has 0 aliphatic carbocycles. The number of benzene rings is 1. The van der Waals surface area contributed by atoms with Crippen molar-refractivity contribution in [2.45, 2.75) is 51.9 Å². The Kier molecular flexibility index (Phi) is 3.68. The second kappa shape index (κ2) is 5.48. The lowest BCUT2D eigenvalue weighted by atomic mass is 10.0. The Morgan fingerprint density at radius 1 is 1.29 bits per heavy atom. The molecule has 0 radical (unpaired) electrons. The summed E-state index contributed by atoms with van der Waals surface area (Å²) < 4.78 is 0. The molecule has 112 valence electrons. The van der Waals surface area contributed by atoms with Gasteiger partial charge >= 0.3 is 0 Å². The monoisotopic (exact) mass is 287 g/mol. The number of rotatable bonds is 3. The van der Waals surface area contributed by atoms with E-state index in [1.807, 2.05) is 0 Å². The van der Waals surface area contributed by atoms with Crippen LogP contribution in [0.3, 0.4) is 0 Å². The maximum absolute atomic E-state index is 12.0. The van der Waals surface area contributed by atoms with Crippen molar-refractivity contribution in [2.75, 3.05) is 5.32 Å². The molecule has 2 heterocycles. The molecule has 2 N–H and O–H groups in total. The Morgan fingerprint density at radius 3 is 2.81 bits per heavy atom. The number of amides is 2. The number of hydrogen-bond donors (Lipinski definition) is 2. The van der Waals surface area contributed by atoms with Gasteiger partial charge in [0, 0.05) is 31.2 Å². The smallest absolute Gasteiger partial charge is 0.243 e. The fraction of sp³-hybridized carbons (Fsp3) is 0.500. The number of carbonyl (C=O) groups excluding carboxylic acids is 2. The molecular formula is C16H21N3O2. The zero-order chi connectivity index (χ0) is 15.0. The molecule has 5 heteroatoms. The lowest BCUT2D eigenvalue weighted by molar-refractivity contribution is -0.137. The molecule has 2 aliphatic heterocycles. The van der Waals surface area contributed by atoms with E-state index in [9.17, 15) is 9.59 Å². The number of carbonyl (C=O) groups is 2. The van der Waals surface area contributed by atoms with Crippen LogP contribution in [0.1, 0.15) is 37.8 Å². The van der Waals surface area contributed by atoms with Gasteiger partial charge in [0.2, 0.25) is 11.8 Å². The summed E-state index contributed by atoms with van der Waals surface area (Å²) in [5.41, 5.74) is 3.69. The molecule has 1 unspecified atom stereocenters. The number of piperidine rings is 1. The summed E-state index contributed by atoms with van der Waals surface area (Å²) in [5.74, 6) is -0.312. The summed E-state index contributed by atoms with van der Waals surface area (Å²) in [5, 5.41) is 5.91. The first-order valence-electron chi connectivity index (χ1n) is 7.49. The van der Waals surface area contributed by atoms with Crippen LogP contribution < -0.4 is 10.6 Å². The van der Waals surface area contributed by atoms with Crippen molar-refractivity contribution < 1.29 is 9.59 Å². The van der Waals surface area contributed by atoms with Gasteiger partial charge in [-0.1, -0.05) is 12.1 Å². The molecule has 1 atom stereocenters. The van der Waals surface area contributed by atoms with Gasteiger partial charge in [0.1, 0.15) is 0 Å². The first-order chi connectivity index (χ1) is 10.0. The third-order valence-corrected chi connectivity index (χ3v) is 4.10. The first kappa shape index (κ1) is 14.1. The van der Waals surface area contributed by atoms with Crippen molar-refractivity contribution in [3.05, 3.63) is 29.3 Å². The molecule has 1 saturated heterocycles. The topological polar surface area (TPSA) is 61.4 Å².